The molecule has 1 aromatic heterocycles. The summed E-state index contributed by atoms with van der Waals surface area (Å²) in [4.78, 5) is 7.28. The van der Waals surface area contributed by atoms with Gasteiger partial charge in [-0.25, -0.2) is 4.98 Å². The summed E-state index contributed by atoms with van der Waals surface area (Å²) >= 11 is 2.92. The number of aromatic hydroxyl groups is 1. The quantitative estimate of drug-likeness (QED) is 0.706. The molecule has 114 valence electrons. The van der Waals surface area contributed by atoms with Crippen LogP contribution in [0.15, 0.2) is 16.6 Å². The standard InChI is InChI=1S/C12H7BrF3N5O/c13-4-1-5(9(22)7(2-4)12(14,15)16)8-6(3-17)10(18)21-11(19)20-8/h1-2,22H,(H4,18,19,20,21). The molecule has 0 amide bonds. The number of phenols is 1. The Hall–Kier alpha value is -2.54. The van der Waals surface area contributed by atoms with Crippen molar-refractivity contribution in [2.45, 2.75) is 6.18 Å². The molecular formula is C12H7BrF3N5O. The molecule has 0 saturated carbocycles. The smallest absolute Gasteiger partial charge is 0.420 e. The van der Waals surface area contributed by atoms with Crippen LogP contribution in [0.1, 0.15) is 11.1 Å². The van der Waals surface area contributed by atoms with E-state index in [0.29, 0.717) is 6.07 Å². The van der Waals surface area contributed by atoms with Gasteiger partial charge in [0.15, 0.2) is 0 Å². The van der Waals surface area contributed by atoms with Crippen LogP contribution >= 0.6 is 15.9 Å². The number of hydrogen-bond acceptors (Lipinski definition) is 6. The van der Waals surface area contributed by atoms with Crippen LogP contribution in [0.5, 0.6) is 5.75 Å². The zero-order valence-corrected chi connectivity index (χ0v) is 12.2. The Morgan fingerprint density at radius 2 is 1.86 bits per heavy atom. The third-order valence-corrected chi connectivity index (χ3v) is 3.16. The highest BCUT2D eigenvalue weighted by molar-refractivity contribution is 9.10. The Balaban J connectivity index is 2.86. The number of halogens is 4. The van der Waals surface area contributed by atoms with Crippen molar-refractivity contribution in [3.8, 4) is 23.1 Å². The minimum Gasteiger partial charge on any atom is -0.507 e. The number of phenolic OH excluding ortho intramolecular Hbond substituents is 1. The molecule has 1 heterocycles. The molecule has 0 aliphatic heterocycles. The lowest BCUT2D eigenvalue weighted by Gasteiger charge is -2.14. The maximum atomic E-state index is 12.9. The summed E-state index contributed by atoms with van der Waals surface area (Å²) in [6, 6.07) is 3.56. The lowest BCUT2D eigenvalue weighted by molar-refractivity contribution is -0.138. The van der Waals surface area contributed by atoms with Gasteiger partial charge in [0.25, 0.3) is 0 Å². The molecule has 0 radical (unpaired) electrons. The molecule has 0 unspecified atom stereocenters. The molecule has 0 saturated heterocycles. The first-order valence-electron chi connectivity index (χ1n) is 5.58. The van der Waals surface area contributed by atoms with Crippen LogP contribution in [0.2, 0.25) is 0 Å². The number of hydrogen-bond donors (Lipinski definition) is 3. The molecule has 0 fully saturated rings. The first-order chi connectivity index (χ1) is 10.1. The number of nitrogens with zero attached hydrogens (tertiary/aromatic N) is 3. The Labute approximate surface area is 130 Å². The summed E-state index contributed by atoms with van der Waals surface area (Å²) in [6.45, 7) is 0. The zero-order chi connectivity index (χ0) is 16.7. The van der Waals surface area contributed by atoms with Gasteiger partial charge in [0.05, 0.1) is 11.3 Å². The molecule has 1 aromatic carbocycles. The average molecular weight is 374 g/mol. The van der Waals surface area contributed by atoms with Crippen molar-refractivity contribution in [1.29, 1.82) is 5.26 Å². The van der Waals surface area contributed by atoms with Gasteiger partial charge >= 0.3 is 6.18 Å². The molecule has 5 N–H and O–H groups in total. The molecule has 22 heavy (non-hydrogen) atoms. The van der Waals surface area contributed by atoms with E-state index in [0.717, 1.165) is 0 Å². The van der Waals surface area contributed by atoms with Crippen molar-refractivity contribution < 1.29 is 18.3 Å². The third-order valence-electron chi connectivity index (χ3n) is 2.70. The molecule has 0 bridgehead atoms. The third kappa shape index (κ3) is 2.75. The number of aromatic nitrogens is 2. The summed E-state index contributed by atoms with van der Waals surface area (Å²) in [5.41, 5.74) is 8.74. The summed E-state index contributed by atoms with van der Waals surface area (Å²) < 4.78 is 38.8. The predicted molar refractivity (Wildman–Crippen MR) is 75.4 cm³/mol. The lowest BCUT2D eigenvalue weighted by atomic mass is 10.0. The van der Waals surface area contributed by atoms with E-state index in [-0.39, 0.29) is 33.1 Å². The summed E-state index contributed by atoms with van der Waals surface area (Å²) in [7, 11) is 0. The van der Waals surface area contributed by atoms with E-state index in [4.69, 9.17) is 16.7 Å². The number of rotatable bonds is 1. The fraction of sp³-hybridized carbons (Fsp3) is 0.0833. The average Bonchev–Trinajstić information content (AvgIpc) is 2.39. The molecule has 0 aliphatic rings. The highest BCUT2D eigenvalue weighted by atomic mass is 79.9. The monoisotopic (exact) mass is 373 g/mol. The van der Waals surface area contributed by atoms with Crippen LogP contribution in [0, 0.1) is 11.3 Å². The topological polar surface area (TPSA) is 122 Å². The van der Waals surface area contributed by atoms with Crippen LogP contribution in [-0.2, 0) is 6.18 Å². The minimum atomic E-state index is -4.79. The number of anilines is 2. The van der Waals surface area contributed by atoms with Crippen LogP contribution < -0.4 is 11.5 Å². The fourth-order valence-corrected chi connectivity index (χ4v) is 2.25. The van der Waals surface area contributed by atoms with Gasteiger partial charge < -0.3 is 16.6 Å². The van der Waals surface area contributed by atoms with Crippen LogP contribution in [0.25, 0.3) is 11.3 Å². The normalized spacial score (nSPS) is 11.2. The van der Waals surface area contributed by atoms with Gasteiger partial charge in [-0.1, -0.05) is 15.9 Å². The summed E-state index contributed by atoms with van der Waals surface area (Å²) in [5.74, 6) is -1.71. The van der Waals surface area contributed by atoms with Gasteiger partial charge in [0, 0.05) is 10.0 Å². The number of nitrogens with two attached hydrogens (primary N) is 2. The maximum absolute atomic E-state index is 12.9. The van der Waals surface area contributed by atoms with Crippen molar-refractivity contribution in [2.75, 3.05) is 11.5 Å². The summed E-state index contributed by atoms with van der Waals surface area (Å²) in [6.07, 6.45) is -4.79. The van der Waals surface area contributed by atoms with Crippen LogP contribution in [-0.4, -0.2) is 15.1 Å². The van der Waals surface area contributed by atoms with Gasteiger partial charge in [-0.3, -0.25) is 0 Å². The van der Waals surface area contributed by atoms with Gasteiger partial charge in [0.2, 0.25) is 5.95 Å². The highest BCUT2D eigenvalue weighted by Crippen LogP contribution is 2.43. The largest absolute Gasteiger partial charge is 0.507 e. The van der Waals surface area contributed by atoms with Gasteiger partial charge in [-0.15, -0.1) is 0 Å². The first kappa shape index (κ1) is 15.8. The van der Waals surface area contributed by atoms with E-state index < -0.39 is 17.5 Å². The minimum absolute atomic E-state index is 0.0345. The predicted octanol–water partition coefficient (Wildman–Crippen LogP) is 2.67. The Morgan fingerprint density at radius 1 is 1.23 bits per heavy atom. The second kappa shape index (κ2) is 5.34. The second-order valence-electron chi connectivity index (χ2n) is 4.15. The van der Waals surface area contributed by atoms with E-state index in [2.05, 4.69) is 25.9 Å². The number of benzene rings is 1. The van der Waals surface area contributed by atoms with Gasteiger partial charge in [-0.2, -0.15) is 23.4 Å². The highest BCUT2D eigenvalue weighted by Gasteiger charge is 2.36. The van der Waals surface area contributed by atoms with E-state index in [1.165, 1.54) is 6.07 Å². The Bertz CT molecular complexity index is 801. The van der Waals surface area contributed by atoms with Gasteiger partial charge in [0.1, 0.15) is 23.2 Å². The van der Waals surface area contributed by atoms with Crippen molar-refractivity contribution in [3.05, 3.63) is 27.7 Å². The van der Waals surface area contributed by atoms with Crippen molar-refractivity contribution in [1.82, 2.24) is 9.97 Å². The number of alkyl halides is 3. The maximum Gasteiger partial charge on any atom is 0.420 e. The van der Waals surface area contributed by atoms with Crippen molar-refractivity contribution in [2.24, 2.45) is 0 Å². The van der Waals surface area contributed by atoms with Crippen LogP contribution in [0.3, 0.4) is 0 Å². The summed E-state index contributed by atoms with van der Waals surface area (Å²) in [5, 5.41) is 19.0. The lowest BCUT2D eigenvalue weighted by Crippen LogP contribution is -2.08. The van der Waals surface area contributed by atoms with E-state index >= 15 is 0 Å². The Kier molecular flexibility index (Phi) is 3.85. The van der Waals surface area contributed by atoms with Crippen molar-refractivity contribution in [3.63, 3.8) is 0 Å². The van der Waals surface area contributed by atoms with Crippen molar-refractivity contribution >= 4 is 27.7 Å². The van der Waals surface area contributed by atoms with E-state index in [9.17, 15) is 18.3 Å². The fourth-order valence-electron chi connectivity index (χ4n) is 1.80. The molecule has 0 spiro atoms. The molecule has 2 aromatic rings. The first-order valence-corrected chi connectivity index (χ1v) is 6.37. The molecule has 2 rings (SSSR count). The van der Waals surface area contributed by atoms with E-state index in [1.807, 2.05) is 0 Å². The zero-order valence-electron chi connectivity index (χ0n) is 10.6. The molecule has 0 atom stereocenters. The number of nitriles is 1. The molecule has 0 aliphatic carbocycles. The van der Waals surface area contributed by atoms with Crippen LogP contribution in [0.4, 0.5) is 24.9 Å². The van der Waals surface area contributed by atoms with E-state index in [1.54, 1.807) is 6.07 Å². The SMILES string of the molecule is N#Cc1c(N)nc(N)nc1-c1cc(Br)cc(C(F)(F)F)c1O. The molecule has 10 heteroatoms. The Morgan fingerprint density at radius 3 is 2.41 bits per heavy atom. The molecule has 6 nitrogen and oxygen atoms in total. The second-order valence-corrected chi connectivity index (χ2v) is 5.07. The van der Waals surface area contributed by atoms with Gasteiger partial charge in [-0.05, 0) is 12.1 Å². The number of nitrogen functional groups attached to an aromatic ring is 2. The molecular weight excluding hydrogens is 367 g/mol.